The molecule has 0 aliphatic carbocycles. The van der Waals surface area contributed by atoms with E-state index >= 15 is 0 Å². The van der Waals surface area contributed by atoms with Crippen molar-refractivity contribution in [2.45, 2.75) is 6.18 Å². The summed E-state index contributed by atoms with van der Waals surface area (Å²) in [5.74, 6) is -1.26. The predicted molar refractivity (Wildman–Crippen MR) is 53.4 cm³/mol. The molecule has 17 heavy (non-hydrogen) atoms. The molecule has 0 amide bonds. The van der Waals surface area contributed by atoms with E-state index in [2.05, 4.69) is 10.2 Å². The van der Waals surface area contributed by atoms with Crippen molar-refractivity contribution in [1.82, 2.24) is 10.2 Å². The Balaban J connectivity index is 2.57. The Hall–Kier alpha value is -2.05. The Morgan fingerprint density at radius 1 is 1.24 bits per heavy atom. The van der Waals surface area contributed by atoms with Crippen LogP contribution in [0.2, 0.25) is 0 Å². The maximum atomic E-state index is 13.7. The van der Waals surface area contributed by atoms with Gasteiger partial charge in [-0.3, -0.25) is 5.10 Å². The minimum absolute atomic E-state index is 0.0804. The third kappa shape index (κ3) is 2.08. The highest BCUT2D eigenvalue weighted by Gasteiger charge is 2.35. The summed E-state index contributed by atoms with van der Waals surface area (Å²) in [4.78, 5) is 0. The monoisotopic (exact) mass is 245 g/mol. The molecule has 0 radical (unpaired) electrons. The zero-order chi connectivity index (χ0) is 12.6. The van der Waals surface area contributed by atoms with Gasteiger partial charge in [0.25, 0.3) is 0 Å². The topological polar surface area (TPSA) is 54.7 Å². The fraction of sp³-hybridized carbons (Fsp3) is 0.100. The van der Waals surface area contributed by atoms with Gasteiger partial charge in [-0.1, -0.05) is 6.07 Å². The summed E-state index contributed by atoms with van der Waals surface area (Å²) < 4.78 is 51.0. The Bertz CT molecular complexity index is 545. The van der Waals surface area contributed by atoms with Crippen molar-refractivity contribution in [2.75, 3.05) is 5.73 Å². The van der Waals surface area contributed by atoms with Crippen LogP contribution in [0.4, 0.5) is 23.4 Å². The molecular weight excluding hydrogens is 238 g/mol. The highest BCUT2D eigenvalue weighted by Crippen LogP contribution is 2.35. The van der Waals surface area contributed by atoms with Crippen molar-refractivity contribution < 1.29 is 17.6 Å². The molecule has 1 aromatic carbocycles. The summed E-state index contributed by atoms with van der Waals surface area (Å²) in [6, 6.07) is 4.28. The molecule has 90 valence electrons. The molecule has 3 nitrogen and oxygen atoms in total. The average Bonchev–Trinajstić information content (AvgIpc) is 2.63. The molecule has 0 spiro atoms. The third-order valence-electron chi connectivity index (χ3n) is 2.19. The number of benzene rings is 1. The first-order valence-corrected chi connectivity index (χ1v) is 4.56. The van der Waals surface area contributed by atoms with Crippen LogP contribution in [-0.4, -0.2) is 10.2 Å². The number of nitrogens with two attached hydrogens (primary N) is 1. The van der Waals surface area contributed by atoms with Crippen LogP contribution in [0.3, 0.4) is 0 Å². The number of halogens is 4. The molecule has 3 N–H and O–H groups in total. The predicted octanol–water partition coefficient (Wildman–Crippen LogP) is 2.82. The minimum Gasteiger partial charge on any atom is -0.382 e. The summed E-state index contributed by atoms with van der Waals surface area (Å²) in [7, 11) is 0. The number of nitrogen functional groups attached to an aromatic ring is 1. The quantitative estimate of drug-likeness (QED) is 0.759. The second-order valence-electron chi connectivity index (χ2n) is 3.37. The number of H-pyrrole nitrogens is 1. The van der Waals surface area contributed by atoms with E-state index in [-0.39, 0.29) is 17.1 Å². The number of hydrogen-bond donors (Lipinski definition) is 2. The molecule has 0 atom stereocenters. The Kier molecular flexibility index (Phi) is 2.53. The number of hydrogen-bond acceptors (Lipinski definition) is 2. The lowest BCUT2D eigenvalue weighted by molar-refractivity contribution is -0.139. The average molecular weight is 245 g/mol. The SMILES string of the molecule is Nc1cc(-c2cccc(C(F)(F)F)c2F)[nH]n1. The second-order valence-corrected chi connectivity index (χ2v) is 3.37. The van der Waals surface area contributed by atoms with Gasteiger partial charge in [-0.05, 0) is 12.1 Å². The van der Waals surface area contributed by atoms with E-state index in [1.165, 1.54) is 12.1 Å². The van der Waals surface area contributed by atoms with Gasteiger partial charge < -0.3 is 5.73 Å². The van der Waals surface area contributed by atoms with Crippen molar-refractivity contribution in [2.24, 2.45) is 0 Å². The standard InChI is InChI=1S/C10H7F4N3/c11-9-5(7-4-8(15)17-16-7)2-1-3-6(9)10(12,13)14/h1-4H,(H3,15,16,17). The third-order valence-corrected chi connectivity index (χ3v) is 2.19. The lowest BCUT2D eigenvalue weighted by Crippen LogP contribution is -2.08. The van der Waals surface area contributed by atoms with E-state index in [1.54, 1.807) is 0 Å². The van der Waals surface area contributed by atoms with Gasteiger partial charge in [-0.25, -0.2) is 4.39 Å². The number of rotatable bonds is 1. The van der Waals surface area contributed by atoms with Gasteiger partial charge in [-0.15, -0.1) is 0 Å². The van der Waals surface area contributed by atoms with Gasteiger partial charge >= 0.3 is 6.18 Å². The molecule has 1 heterocycles. The van der Waals surface area contributed by atoms with Crippen molar-refractivity contribution in [3.05, 3.63) is 35.6 Å². The zero-order valence-corrected chi connectivity index (χ0v) is 8.35. The van der Waals surface area contributed by atoms with Crippen molar-refractivity contribution in [3.8, 4) is 11.3 Å². The molecule has 0 fully saturated rings. The number of anilines is 1. The highest BCUT2D eigenvalue weighted by atomic mass is 19.4. The van der Waals surface area contributed by atoms with Crippen LogP contribution < -0.4 is 5.73 Å². The summed E-state index contributed by atoms with van der Waals surface area (Å²) in [5.41, 5.74) is 3.87. The molecular formula is C10H7F4N3. The maximum absolute atomic E-state index is 13.7. The second kappa shape index (κ2) is 3.76. The summed E-state index contributed by atoms with van der Waals surface area (Å²) in [5, 5.41) is 5.89. The van der Waals surface area contributed by atoms with Crippen LogP contribution in [0.15, 0.2) is 24.3 Å². The molecule has 0 aliphatic heterocycles. The Morgan fingerprint density at radius 2 is 1.94 bits per heavy atom. The van der Waals surface area contributed by atoms with Gasteiger partial charge in [0.05, 0.1) is 11.3 Å². The van der Waals surface area contributed by atoms with Gasteiger partial charge in [0, 0.05) is 11.6 Å². The van der Waals surface area contributed by atoms with E-state index in [0.717, 1.165) is 6.07 Å². The molecule has 0 saturated carbocycles. The summed E-state index contributed by atoms with van der Waals surface area (Å²) in [6.45, 7) is 0. The lowest BCUT2D eigenvalue weighted by Gasteiger charge is -2.09. The molecule has 0 bridgehead atoms. The molecule has 2 aromatic rings. The number of nitrogens with one attached hydrogen (secondary N) is 1. The first-order chi connectivity index (χ1) is 7.89. The van der Waals surface area contributed by atoms with E-state index in [1.807, 2.05) is 0 Å². The van der Waals surface area contributed by atoms with Gasteiger partial charge in [-0.2, -0.15) is 18.3 Å². The first-order valence-electron chi connectivity index (χ1n) is 4.56. The number of nitrogens with zero attached hydrogens (tertiary/aromatic N) is 1. The Morgan fingerprint density at radius 3 is 2.47 bits per heavy atom. The van der Waals surface area contributed by atoms with Crippen LogP contribution in [0.5, 0.6) is 0 Å². The van der Waals surface area contributed by atoms with Crippen LogP contribution in [-0.2, 0) is 6.18 Å². The number of aromatic nitrogens is 2. The van der Waals surface area contributed by atoms with Crippen LogP contribution in [0, 0.1) is 5.82 Å². The molecule has 1 aromatic heterocycles. The molecule has 0 aliphatic rings. The minimum atomic E-state index is -4.73. The van der Waals surface area contributed by atoms with Crippen LogP contribution in [0.25, 0.3) is 11.3 Å². The van der Waals surface area contributed by atoms with E-state index in [0.29, 0.717) is 6.07 Å². The highest BCUT2D eigenvalue weighted by molar-refractivity contribution is 5.63. The lowest BCUT2D eigenvalue weighted by atomic mass is 10.1. The fourth-order valence-electron chi connectivity index (χ4n) is 1.43. The van der Waals surface area contributed by atoms with Gasteiger partial charge in [0.1, 0.15) is 11.6 Å². The zero-order valence-electron chi connectivity index (χ0n) is 8.35. The van der Waals surface area contributed by atoms with Crippen molar-refractivity contribution in [1.29, 1.82) is 0 Å². The smallest absolute Gasteiger partial charge is 0.382 e. The Labute approximate surface area is 93.3 Å². The van der Waals surface area contributed by atoms with E-state index in [9.17, 15) is 17.6 Å². The first kappa shape index (κ1) is 11.4. The maximum Gasteiger partial charge on any atom is 0.419 e. The van der Waals surface area contributed by atoms with E-state index in [4.69, 9.17) is 5.73 Å². The molecule has 0 saturated heterocycles. The molecule has 7 heteroatoms. The molecule has 0 unspecified atom stereocenters. The van der Waals surface area contributed by atoms with Crippen LogP contribution >= 0.6 is 0 Å². The normalized spacial score (nSPS) is 11.8. The van der Waals surface area contributed by atoms with Crippen LogP contribution in [0.1, 0.15) is 5.56 Å². The van der Waals surface area contributed by atoms with Gasteiger partial charge in [0.15, 0.2) is 0 Å². The largest absolute Gasteiger partial charge is 0.419 e. The van der Waals surface area contributed by atoms with Gasteiger partial charge in [0.2, 0.25) is 0 Å². The number of alkyl halides is 3. The van der Waals surface area contributed by atoms with E-state index < -0.39 is 17.6 Å². The van der Waals surface area contributed by atoms with Crippen molar-refractivity contribution >= 4 is 5.82 Å². The number of aromatic amines is 1. The van der Waals surface area contributed by atoms with Crippen molar-refractivity contribution in [3.63, 3.8) is 0 Å². The summed E-state index contributed by atoms with van der Waals surface area (Å²) >= 11 is 0. The summed E-state index contributed by atoms with van der Waals surface area (Å²) in [6.07, 6.45) is -4.73. The molecule has 2 rings (SSSR count). The fourth-order valence-corrected chi connectivity index (χ4v) is 1.43.